The molecule has 1 aliphatic heterocycles. The lowest BCUT2D eigenvalue weighted by Crippen LogP contribution is -2.16. The summed E-state index contributed by atoms with van der Waals surface area (Å²) in [5, 5.41) is 10.1. The maximum absolute atomic E-state index is 11.7. The van der Waals surface area contributed by atoms with E-state index in [1.807, 2.05) is 0 Å². The van der Waals surface area contributed by atoms with Gasteiger partial charge in [0.15, 0.2) is 24.4 Å². The van der Waals surface area contributed by atoms with Gasteiger partial charge in [-0.2, -0.15) is 0 Å². The Balaban J connectivity index is 2.40. The molecule has 0 aromatic heterocycles. The summed E-state index contributed by atoms with van der Waals surface area (Å²) in [6, 6.07) is 1.53. The van der Waals surface area contributed by atoms with Gasteiger partial charge in [0.05, 0.1) is 6.61 Å². The topological polar surface area (TPSA) is 83.5 Å². The SMILES string of the molecule is CCOC(=O)C(O)c1cc(OCOC)c(C)c2c1OCO2. The van der Waals surface area contributed by atoms with Crippen LogP contribution < -0.4 is 14.2 Å². The smallest absolute Gasteiger partial charge is 0.339 e. The Morgan fingerprint density at radius 1 is 1.43 bits per heavy atom. The molecule has 7 heteroatoms. The maximum Gasteiger partial charge on any atom is 0.339 e. The zero-order valence-electron chi connectivity index (χ0n) is 12.2. The van der Waals surface area contributed by atoms with Gasteiger partial charge in [0.2, 0.25) is 6.79 Å². The van der Waals surface area contributed by atoms with Crippen LogP contribution in [0.5, 0.6) is 17.2 Å². The molecule has 0 fully saturated rings. The molecule has 0 saturated heterocycles. The van der Waals surface area contributed by atoms with Gasteiger partial charge in [-0.3, -0.25) is 0 Å². The lowest BCUT2D eigenvalue weighted by molar-refractivity contribution is -0.153. The van der Waals surface area contributed by atoms with Crippen molar-refractivity contribution in [2.45, 2.75) is 20.0 Å². The second-order valence-electron chi connectivity index (χ2n) is 4.36. The second kappa shape index (κ2) is 6.64. The third kappa shape index (κ3) is 3.03. The van der Waals surface area contributed by atoms with Gasteiger partial charge in [0.25, 0.3) is 0 Å². The molecular formula is C14H18O7. The Bertz CT molecular complexity index is 527. The van der Waals surface area contributed by atoms with Gasteiger partial charge in [-0.05, 0) is 19.9 Å². The predicted octanol–water partition coefficient (Wildman–Crippen LogP) is 1.30. The van der Waals surface area contributed by atoms with Crippen LogP contribution in [0.1, 0.15) is 24.2 Å². The molecule has 0 amide bonds. The Kier molecular flexibility index (Phi) is 4.87. The number of ether oxygens (including phenoxy) is 5. The first kappa shape index (κ1) is 15.4. The van der Waals surface area contributed by atoms with Crippen LogP contribution in [-0.4, -0.2) is 38.4 Å². The van der Waals surface area contributed by atoms with E-state index in [-0.39, 0.29) is 25.8 Å². The first-order chi connectivity index (χ1) is 10.1. The van der Waals surface area contributed by atoms with Crippen molar-refractivity contribution in [3.8, 4) is 17.2 Å². The number of benzene rings is 1. The Hall–Kier alpha value is -1.99. The lowest BCUT2D eigenvalue weighted by Gasteiger charge is -2.16. The number of esters is 1. The lowest BCUT2D eigenvalue weighted by atomic mass is 10.0. The van der Waals surface area contributed by atoms with E-state index in [1.165, 1.54) is 13.2 Å². The highest BCUT2D eigenvalue weighted by Crippen LogP contribution is 2.45. The minimum atomic E-state index is -1.47. The number of rotatable bonds is 6. The molecule has 21 heavy (non-hydrogen) atoms. The number of aliphatic hydroxyl groups excluding tert-OH is 1. The van der Waals surface area contributed by atoms with Crippen molar-refractivity contribution in [1.82, 2.24) is 0 Å². The van der Waals surface area contributed by atoms with Crippen LogP contribution >= 0.6 is 0 Å². The minimum Gasteiger partial charge on any atom is -0.467 e. The third-order valence-electron chi connectivity index (χ3n) is 3.01. The highest BCUT2D eigenvalue weighted by atomic mass is 16.7. The molecule has 0 radical (unpaired) electrons. The zero-order valence-corrected chi connectivity index (χ0v) is 12.2. The summed E-state index contributed by atoms with van der Waals surface area (Å²) in [5.41, 5.74) is 0.956. The minimum absolute atomic E-state index is 0.0203. The van der Waals surface area contributed by atoms with Gasteiger partial charge in [-0.25, -0.2) is 4.79 Å². The van der Waals surface area contributed by atoms with Crippen LogP contribution in [0, 0.1) is 6.92 Å². The van der Waals surface area contributed by atoms with E-state index >= 15 is 0 Å². The predicted molar refractivity (Wildman–Crippen MR) is 71.4 cm³/mol. The van der Waals surface area contributed by atoms with E-state index in [9.17, 15) is 9.90 Å². The molecule has 1 aromatic carbocycles. The molecule has 1 heterocycles. The summed E-state index contributed by atoms with van der Waals surface area (Å²) in [5.74, 6) is 0.468. The monoisotopic (exact) mass is 298 g/mol. The molecule has 1 aromatic rings. The Morgan fingerprint density at radius 3 is 2.81 bits per heavy atom. The fourth-order valence-electron chi connectivity index (χ4n) is 2.02. The highest BCUT2D eigenvalue weighted by molar-refractivity contribution is 5.79. The van der Waals surface area contributed by atoms with Crippen LogP contribution in [0.15, 0.2) is 6.07 Å². The van der Waals surface area contributed by atoms with Crippen molar-refractivity contribution in [2.24, 2.45) is 0 Å². The molecule has 0 spiro atoms. The van der Waals surface area contributed by atoms with Crippen LogP contribution in [0.2, 0.25) is 0 Å². The number of methoxy groups -OCH3 is 1. The molecular weight excluding hydrogens is 280 g/mol. The van der Waals surface area contributed by atoms with Crippen LogP contribution in [0.4, 0.5) is 0 Å². The number of hydrogen-bond acceptors (Lipinski definition) is 7. The van der Waals surface area contributed by atoms with Crippen molar-refractivity contribution in [3.05, 3.63) is 17.2 Å². The van der Waals surface area contributed by atoms with Crippen molar-refractivity contribution in [1.29, 1.82) is 0 Å². The summed E-state index contributed by atoms with van der Waals surface area (Å²) in [4.78, 5) is 11.7. The first-order valence-corrected chi connectivity index (χ1v) is 6.49. The van der Waals surface area contributed by atoms with Gasteiger partial charge in [0.1, 0.15) is 5.75 Å². The Labute approximate surface area is 122 Å². The molecule has 1 unspecified atom stereocenters. The number of aliphatic hydroxyl groups is 1. The molecule has 2 rings (SSSR count). The second-order valence-corrected chi connectivity index (χ2v) is 4.36. The van der Waals surface area contributed by atoms with Crippen molar-refractivity contribution < 1.29 is 33.6 Å². The first-order valence-electron chi connectivity index (χ1n) is 6.49. The van der Waals surface area contributed by atoms with Gasteiger partial charge in [-0.1, -0.05) is 0 Å². The fourth-order valence-corrected chi connectivity index (χ4v) is 2.02. The van der Waals surface area contributed by atoms with Crippen LogP contribution in [0.25, 0.3) is 0 Å². The van der Waals surface area contributed by atoms with Crippen molar-refractivity contribution in [3.63, 3.8) is 0 Å². The van der Waals surface area contributed by atoms with E-state index in [2.05, 4.69) is 0 Å². The van der Waals surface area contributed by atoms with Gasteiger partial charge in [0, 0.05) is 18.2 Å². The molecule has 0 aliphatic carbocycles. The van der Waals surface area contributed by atoms with Gasteiger partial charge in [-0.15, -0.1) is 0 Å². The molecule has 1 N–H and O–H groups in total. The molecule has 7 nitrogen and oxygen atoms in total. The van der Waals surface area contributed by atoms with Crippen molar-refractivity contribution in [2.75, 3.05) is 27.3 Å². The number of carbonyl (C=O) groups is 1. The average Bonchev–Trinajstić information content (AvgIpc) is 2.96. The summed E-state index contributed by atoms with van der Waals surface area (Å²) in [6.45, 7) is 3.69. The quantitative estimate of drug-likeness (QED) is 0.626. The van der Waals surface area contributed by atoms with E-state index in [0.717, 1.165) is 0 Å². The third-order valence-corrected chi connectivity index (χ3v) is 3.01. The molecule has 0 bridgehead atoms. The van der Waals surface area contributed by atoms with E-state index in [4.69, 9.17) is 23.7 Å². The fraction of sp³-hybridized carbons (Fsp3) is 0.500. The van der Waals surface area contributed by atoms with Crippen LogP contribution in [-0.2, 0) is 14.3 Å². The van der Waals surface area contributed by atoms with Crippen molar-refractivity contribution >= 4 is 5.97 Å². The standard InChI is InChI=1S/C14H18O7/c1-4-18-14(16)11(15)9-5-10(19-6-17-3)8(2)12-13(9)21-7-20-12/h5,11,15H,4,6-7H2,1-3H3. The number of fused-ring (bicyclic) bond motifs is 1. The normalized spacial score (nSPS) is 13.9. The molecule has 1 atom stereocenters. The average molecular weight is 298 g/mol. The molecule has 1 aliphatic rings. The van der Waals surface area contributed by atoms with Crippen LogP contribution in [0.3, 0.4) is 0 Å². The number of hydrogen-bond donors (Lipinski definition) is 1. The molecule has 0 saturated carbocycles. The maximum atomic E-state index is 11.7. The zero-order chi connectivity index (χ0) is 15.4. The van der Waals surface area contributed by atoms with Gasteiger partial charge < -0.3 is 28.8 Å². The largest absolute Gasteiger partial charge is 0.467 e. The van der Waals surface area contributed by atoms with E-state index in [1.54, 1.807) is 13.8 Å². The Morgan fingerprint density at radius 2 is 2.14 bits per heavy atom. The number of carbonyl (C=O) groups excluding carboxylic acids is 1. The molecule has 116 valence electrons. The summed E-state index contributed by atoms with van der Waals surface area (Å²) in [7, 11) is 1.50. The summed E-state index contributed by atoms with van der Waals surface area (Å²) < 4.78 is 25.8. The van der Waals surface area contributed by atoms with Gasteiger partial charge >= 0.3 is 5.97 Å². The highest BCUT2D eigenvalue weighted by Gasteiger charge is 2.31. The summed E-state index contributed by atoms with van der Waals surface area (Å²) in [6.07, 6.45) is -1.47. The van der Waals surface area contributed by atoms with E-state index in [0.29, 0.717) is 22.8 Å². The summed E-state index contributed by atoms with van der Waals surface area (Å²) >= 11 is 0. The van der Waals surface area contributed by atoms with E-state index < -0.39 is 12.1 Å².